The van der Waals surface area contributed by atoms with E-state index < -0.39 is 17.3 Å². The van der Waals surface area contributed by atoms with E-state index in [-0.39, 0.29) is 41.5 Å². The number of esters is 2. The topological polar surface area (TPSA) is 114 Å². The van der Waals surface area contributed by atoms with Crippen LogP contribution >= 0.6 is 0 Å². The largest absolute Gasteiger partial charge is 0.463 e. The number of rotatable bonds is 29. The number of aryl methyl sites for hydroxylation is 1. The van der Waals surface area contributed by atoms with Gasteiger partial charge in [-0.1, -0.05) is 157 Å². The van der Waals surface area contributed by atoms with Crippen LogP contribution in [0.2, 0.25) is 0 Å². The average molecular weight is 1080 g/mol. The molecule has 10 heteroatoms. The van der Waals surface area contributed by atoms with Gasteiger partial charge in [0.2, 0.25) is 0 Å². The van der Waals surface area contributed by atoms with Crippen molar-refractivity contribution in [1.29, 1.82) is 5.26 Å². The highest BCUT2D eigenvalue weighted by molar-refractivity contribution is 6.09. The van der Waals surface area contributed by atoms with Crippen molar-refractivity contribution in [3.63, 3.8) is 0 Å². The van der Waals surface area contributed by atoms with E-state index in [2.05, 4.69) is 161 Å². The molecule has 4 aromatic carbocycles. The van der Waals surface area contributed by atoms with Crippen LogP contribution in [0.5, 0.6) is 0 Å². The van der Waals surface area contributed by atoms with Crippen LogP contribution < -0.4 is 11.0 Å². The minimum absolute atomic E-state index is 0.129. The summed E-state index contributed by atoms with van der Waals surface area (Å²) < 4.78 is 16.2. The molecule has 0 saturated heterocycles. The number of carbonyl (C=O) groups excluding carboxylic acids is 2. The maximum absolute atomic E-state index is 13.1. The van der Waals surface area contributed by atoms with Crippen LogP contribution in [-0.4, -0.2) is 45.3 Å². The smallest absolute Gasteiger partial charge is 0.309 e. The van der Waals surface area contributed by atoms with E-state index in [4.69, 9.17) is 9.47 Å². The summed E-state index contributed by atoms with van der Waals surface area (Å²) in [5, 5.41) is 17.7. The first kappa shape index (κ1) is 60.8. The van der Waals surface area contributed by atoms with Crippen molar-refractivity contribution in [2.45, 2.75) is 229 Å². The van der Waals surface area contributed by atoms with Crippen molar-refractivity contribution in [3.8, 4) is 6.07 Å². The van der Waals surface area contributed by atoms with E-state index in [1.54, 1.807) is 0 Å². The standard InChI is InChI=1S/C69H98N6O4/c1-16-47(10)52-29-33-57-58-35-31-54(68(19-4,20-5)69(21-6,22-7)55-32-36-60-59-34-30-53(51(17-2)18-3)40-63(59)75(48(11)43-70)64(60)42-55)41-62(58)74(61(57)39-52)38-28-26-24-23-25-27-37-73-44-56(71-72-73)45-78-65(76)49(12)67(14,15)50(13)66(77)79-46(8)9/h29-36,39-42,44,46-51,71-72H,16-28,37-38,45H2,1-15H3. The summed E-state index contributed by atoms with van der Waals surface area (Å²) in [5.74, 6) is -0.591. The van der Waals surface area contributed by atoms with Crippen LogP contribution in [0.15, 0.2) is 84.7 Å². The quantitative estimate of drug-likeness (QED) is 0.0353. The van der Waals surface area contributed by atoms with Gasteiger partial charge in [-0.25, -0.2) is 0 Å². The number of nitrogens with zero attached hydrogens (tertiary/aromatic N) is 4. The molecule has 79 heavy (non-hydrogen) atoms. The molecule has 0 fully saturated rings. The highest BCUT2D eigenvalue weighted by Crippen LogP contribution is 2.55. The molecule has 0 bridgehead atoms. The first-order valence-electron chi connectivity index (χ1n) is 30.7. The molecule has 4 unspecified atom stereocenters. The monoisotopic (exact) mass is 1070 g/mol. The number of nitrogens with one attached hydrogen (secondary N) is 2. The van der Waals surface area contributed by atoms with Crippen molar-refractivity contribution < 1.29 is 19.1 Å². The fourth-order valence-electron chi connectivity index (χ4n) is 13.7. The second-order valence-electron chi connectivity index (χ2n) is 24.3. The van der Waals surface area contributed by atoms with Crippen LogP contribution in [0, 0.1) is 28.6 Å². The summed E-state index contributed by atoms with van der Waals surface area (Å²) in [6.45, 7) is 34.0. The zero-order valence-corrected chi connectivity index (χ0v) is 51.2. The maximum atomic E-state index is 13.1. The Morgan fingerprint density at radius 1 is 0.595 bits per heavy atom. The second-order valence-corrected chi connectivity index (χ2v) is 24.3. The van der Waals surface area contributed by atoms with E-state index >= 15 is 0 Å². The summed E-state index contributed by atoms with van der Waals surface area (Å²) in [7, 11) is 0. The van der Waals surface area contributed by atoms with Gasteiger partial charge in [-0.3, -0.25) is 14.6 Å². The van der Waals surface area contributed by atoms with Gasteiger partial charge in [-0.15, -0.1) is 5.53 Å². The molecule has 6 aromatic rings. The summed E-state index contributed by atoms with van der Waals surface area (Å²) in [6.07, 6.45) is 15.9. The zero-order valence-electron chi connectivity index (χ0n) is 51.2. The van der Waals surface area contributed by atoms with Gasteiger partial charge in [0.05, 0.1) is 40.7 Å². The van der Waals surface area contributed by atoms with Gasteiger partial charge in [0.15, 0.2) is 0 Å². The number of hydrogen-bond donors (Lipinski definition) is 2. The lowest BCUT2D eigenvalue weighted by Crippen LogP contribution is -2.48. The third kappa shape index (κ3) is 12.0. The van der Waals surface area contributed by atoms with E-state index in [1.165, 1.54) is 79.6 Å². The summed E-state index contributed by atoms with van der Waals surface area (Å²) in [5.41, 5.74) is 16.8. The van der Waals surface area contributed by atoms with E-state index in [0.717, 1.165) is 88.5 Å². The molecule has 3 heterocycles. The molecule has 10 nitrogen and oxygen atoms in total. The highest BCUT2D eigenvalue weighted by Gasteiger charge is 2.49. The number of fused-ring (bicyclic) bond motifs is 6. The van der Waals surface area contributed by atoms with Crippen LogP contribution in [0.1, 0.15) is 227 Å². The van der Waals surface area contributed by atoms with Crippen LogP contribution in [0.4, 0.5) is 0 Å². The molecule has 0 radical (unpaired) electrons. The Morgan fingerprint density at radius 2 is 1.08 bits per heavy atom. The van der Waals surface area contributed by atoms with Gasteiger partial charge in [0.25, 0.3) is 0 Å². The van der Waals surface area contributed by atoms with E-state index in [9.17, 15) is 14.9 Å². The predicted octanol–water partition coefficient (Wildman–Crippen LogP) is 17.5. The Kier molecular flexibility index (Phi) is 20.2. The number of ether oxygens (including phenoxy) is 2. The lowest BCUT2D eigenvalue weighted by molar-refractivity contribution is -0.162. The summed E-state index contributed by atoms with van der Waals surface area (Å²) >= 11 is 0. The van der Waals surface area contributed by atoms with Gasteiger partial charge in [-0.2, -0.15) is 5.26 Å². The predicted molar refractivity (Wildman–Crippen MR) is 329 cm³/mol. The summed E-state index contributed by atoms with van der Waals surface area (Å²) in [6, 6.07) is 31.4. The van der Waals surface area contributed by atoms with Crippen molar-refractivity contribution in [3.05, 3.63) is 107 Å². The Morgan fingerprint density at radius 3 is 1.62 bits per heavy atom. The minimum Gasteiger partial charge on any atom is -0.463 e. The number of unbranched alkanes of at least 4 members (excludes halogenated alkanes) is 5. The van der Waals surface area contributed by atoms with Gasteiger partial charge in [-0.05, 0) is 142 Å². The molecule has 0 spiro atoms. The van der Waals surface area contributed by atoms with Crippen molar-refractivity contribution >= 4 is 55.6 Å². The minimum atomic E-state index is -0.633. The molecule has 2 aromatic heterocycles. The van der Waals surface area contributed by atoms with E-state index in [0.29, 0.717) is 11.8 Å². The second kappa shape index (κ2) is 26.2. The molecule has 428 valence electrons. The Balaban J connectivity index is 1.07. The van der Waals surface area contributed by atoms with Crippen LogP contribution in [-0.2, 0) is 36.4 Å². The third-order valence-electron chi connectivity index (χ3n) is 19.7. The Hall–Kier alpha value is -5.79. The lowest BCUT2D eigenvalue weighted by atomic mass is 9.52. The molecule has 0 saturated carbocycles. The number of aromatic nitrogens is 2. The van der Waals surface area contributed by atoms with Crippen LogP contribution in [0.3, 0.4) is 0 Å². The molecule has 7 rings (SSSR count). The molecule has 1 aliphatic heterocycles. The number of nitriles is 1. The van der Waals surface area contributed by atoms with E-state index in [1.807, 2.05) is 52.8 Å². The molecule has 0 amide bonds. The normalized spacial score (nSPS) is 15.0. The third-order valence-corrected chi connectivity index (χ3v) is 19.7. The maximum Gasteiger partial charge on any atom is 0.309 e. The molecule has 4 atom stereocenters. The SMILES string of the molecule is CCC(C)c1ccc2c3ccc(C(CC)(CC)C(CC)(CC)c4ccc5c6ccc(C(CC)CC)cc6n(C(C)C#N)c5c4)cc3n(CCCCCCCCN3C=C(COC(=O)C(C)C(C)(C)C(C)C(=O)OC(C)C)NN3)c2c1. The first-order chi connectivity index (χ1) is 37.8. The molecule has 0 aliphatic carbocycles. The average Bonchev–Trinajstić information content (AvgIpc) is 4.37. The van der Waals surface area contributed by atoms with Crippen molar-refractivity contribution in [1.82, 2.24) is 25.1 Å². The fraction of sp³-hybridized carbons (Fsp3) is 0.580. The first-order valence-corrected chi connectivity index (χ1v) is 30.7. The summed E-state index contributed by atoms with van der Waals surface area (Å²) in [4.78, 5) is 25.8. The zero-order chi connectivity index (χ0) is 57.4. The van der Waals surface area contributed by atoms with Crippen molar-refractivity contribution in [2.75, 3.05) is 13.2 Å². The van der Waals surface area contributed by atoms with Gasteiger partial charge < -0.3 is 24.0 Å². The molecule has 1 aliphatic rings. The van der Waals surface area contributed by atoms with Gasteiger partial charge in [0, 0.05) is 62.7 Å². The Bertz CT molecular complexity index is 3120. The number of hydrazine groups is 2. The fourth-order valence-corrected chi connectivity index (χ4v) is 13.7. The Labute approximate surface area is 475 Å². The number of hydrogen-bond acceptors (Lipinski definition) is 8. The molecular formula is C69H98N6O4. The number of carbonyl (C=O) groups is 2. The highest BCUT2D eigenvalue weighted by atomic mass is 16.5. The van der Waals surface area contributed by atoms with Gasteiger partial charge >= 0.3 is 11.9 Å². The molecule has 2 N–H and O–H groups in total. The van der Waals surface area contributed by atoms with Gasteiger partial charge in [0.1, 0.15) is 12.6 Å². The van der Waals surface area contributed by atoms with Crippen molar-refractivity contribution in [2.24, 2.45) is 17.3 Å². The van der Waals surface area contributed by atoms with Crippen LogP contribution in [0.25, 0.3) is 43.6 Å². The molecular weight excluding hydrogens is 977 g/mol. The lowest BCUT2D eigenvalue weighted by Gasteiger charge is -2.51. The number of benzene rings is 4.